The van der Waals surface area contributed by atoms with Gasteiger partial charge >= 0.3 is 39.2 Å². The second-order valence-corrected chi connectivity index (χ2v) is 10.9. The molecule has 0 amide bonds. The van der Waals surface area contributed by atoms with Gasteiger partial charge in [-0.3, -0.25) is 9.35 Å². The van der Waals surface area contributed by atoms with Crippen molar-refractivity contribution in [3.05, 3.63) is 0 Å². The maximum absolute atomic E-state index is 13.9. The van der Waals surface area contributed by atoms with E-state index in [1.165, 1.54) is 0 Å². The molecule has 0 aromatic heterocycles. The van der Waals surface area contributed by atoms with E-state index in [0.717, 1.165) is 0 Å². The molecule has 0 heterocycles. The lowest BCUT2D eigenvalue weighted by Gasteiger charge is -2.63. The van der Waals surface area contributed by atoms with Crippen molar-refractivity contribution in [2.75, 3.05) is 0 Å². The van der Waals surface area contributed by atoms with Crippen molar-refractivity contribution in [3.8, 4) is 0 Å². The molecule has 4 saturated carbocycles. The largest absolute Gasteiger partial charge is 0.465 e. The molecular formula is C19H24F4O9S. The minimum absolute atomic E-state index is 0.000148. The Bertz CT molecular complexity index is 963. The molecule has 4 aliphatic rings. The van der Waals surface area contributed by atoms with E-state index in [1.807, 2.05) is 0 Å². The van der Waals surface area contributed by atoms with Crippen molar-refractivity contribution in [2.24, 2.45) is 5.92 Å². The molecule has 0 spiro atoms. The van der Waals surface area contributed by atoms with Gasteiger partial charge in [0.15, 0.2) is 0 Å². The molecule has 0 aromatic carbocycles. The fraction of sp³-hybridized carbons (Fsp3) is 0.842. The van der Waals surface area contributed by atoms with Gasteiger partial charge in [0.1, 0.15) is 16.8 Å². The molecule has 188 valence electrons. The average molecular weight is 504 g/mol. The highest BCUT2D eigenvalue weighted by Gasteiger charge is 2.70. The molecule has 14 heteroatoms. The highest BCUT2D eigenvalue weighted by Crippen LogP contribution is 2.63. The molecule has 0 aliphatic heterocycles. The predicted molar refractivity (Wildman–Crippen MR) is 99.7 cm³/mol. The number of halogens is 4. The molecule has 9 nitrogen and oxygen atoms in total. The molecule has 0 radical (unpaired) electrons. The molecule has 4 unspecified atom stereocenters. The summed E-state index contributed by atoms with van der Waals surface area (Å²) in [5.74, 6) is -9.52. The number of hydrogen-bond donors (Lipinski definition) is 1. The number of alkyl halides is 4. The maximum atomic E-state index is 13.9. The fourth-order valence-electron chi connectivity index (χ4n) is 5.66. The van der Waals surface area contributed by atoms with Crippen molar-refractivity contribution >= 4 is 28.0 Å². The summed E-state index contributed by atoms with van der Waals surface area (Å²) in [5.41, 5.74) is -5.06. The van der Waals surface area contributed by atoms with E-state index >= 15 is 0 Å². The van der Waals surface area contributed by atoms with Gasteiger partial charge in [-0.25, -0.2) is 9.59 Å². The van der Waals surface area contributed by atoms with Crippen LogP contribution in [0.25, 0.3) is 0 Å². The van der Waals surface area contributed by atoms with E-state index < -0.39 is 68.3 Å². The summed E-state index contributed by atoms with van der Waals surface area (Å²) < 4.78 is 101. The molecular weight excluding hydrogens is 480 g/mol. The minimum Gasteiger partial charge on any atom is -0.459 e. The monoisotopic (exact) mass is 504 g/mol. The second kappa shape index (κ2) is 7.79. The lowest BCUT2D eigenvalue weighted by Crippen LogP contribution is -2.69. The van der Waals surface area contributed by atoms with Gasteiger partial charge in [0.05, 0.1) is 0 Å². The quantitative estimate of drug-likeness (QED) is 0.229. The molecule has 4 rings (SSSR count). The van der Waals surface area contributed by atoms with Crippen LogP contribution in [0.3, 0.4) is 0 Å². The molecule has 4 fully saturated rings. The van der Waals surface area contributed by atoms with Gasteiger partial charge in [-0.1, -0.05) is 6.92 Å². The Kier molecular flexibility index (Phi) is 6.05. The van der Waals surface area contributed by atoms with Crippen molar-refractivity contribution in [3.63, 3.8) is 0 Å². The first-order valence-corrected chi connectivity index (χ1v) is 11.7. The molecule has 4 atom stereocenters. The summed E-state index contributed by atoms with van der Waals surface area (Å²) in [6.45, 7) is 2.02. The summed E-state index contributed by atoms with van der Waals surface area (Å²) in [4.78, 5) is 36.3. The third-order valence-corrected chi connectivity index (χ3v) is 7.05. The first-order chi connectivity index (χ1) is 14.9. The van der Waals surface area contributed by atoms with E-state index in [0.29, 0.717) is 13.3 Å². The molecule has 4 aliphatic carbocycles. The Hall–Kier alpha value is -1.96. The van der Waals surface area contributed by atoms with Gasteiger partial charge < -0.3 is 14.2 Å². The number of carbonyl (C=O) groups is 3. The Morgan fingerprint density at radius 3 is 1.73 bits per heavy atom. The maximum Gasteiger partial charge on any atom is 0.465 e. The van der Waals surface area contributed by atoms with Gasteiger partial charge in [0, 0.05) is 32.6 Å². The van der Waals surface area contributed by atoms with E-state index in [4.69, 9.17) is 18.8 Å². The number of esters is 3. The molecule has 33 heavy (non-hydrogen) atoms. The first kappa shape index (κ1) is 25.7. The van der Waals surface area contributed by atoms with E-state index in [-0.39, 0.29) is 38.5 Å². The van der Waals surface area contributed by atoms with Crippen molar-refractivity contribution in [2.45, 2.75) is 93.2 Å². The standard InChI is InChI=1S/C19H24F4O9S/c1-3-4-12(24)30-16-5-11-6-17(8-16,31-13(25)15(2,20)21)10-18(7-11,9-16)32-14(26)19(22,23)33(27,28)29/h11H,3-10H2,1-2H3,(H,27,28,29). The predicted octanol–water partition coefficient (Wildman–Crippen LogP) is 2.77. The topological polar surface area (TPSA) is 133 Å². The Labute approximate surface area is 186 Å². The van der Waals surface area contributed by atoms with Crippen LogP contribution in [0.4, 0.5) is 17.6 Å². The lowest BCUT2D eigenvalue weighted by atomic mass is 9.50. The van der Waals surface area contributed by atoms with Crippen molar-refractivity contribution in [1.29, 1.82) is 0 Å². The smallest absolute Gasteiger partial charge is 0.459 e. The molecule has 0 saturated heterocycles. The zero-order valence-corrected chi connectivity index (χ0v) is 18.7. The summed E-state index contributed by atoms with van der Waals surface area (Å²) >= 11 is 0. The van der Waals surface area contributed by atoms with Crippen molar-refractivity contribution < 1.29 is 59.1 Å². The van der Waals surface area contributed by atoms with Crippen LogP contribution in [-0.2, 0) is 38.7 Å². The van der Waals surface area contributed by atoms with E-state index in [1.54, 1.807) is 6.92 Å². The number of rotatable bonds is 8. The van der Waals surface area contributed by atoms with Crippen LogP contribution in [0.1, 0.15) is 65.2 Å². The second-order valence-electron chi connectivity index (χ2n) is 9.44. The highest BCUT2D eigenvalue weighted by atomic mass is 32.2. The third-order valence-electron chi connectivity index (χ3n) is 6.24. The Balaban J connectivity index is 1.98. The zero-order valence-electron chi connectivity index (χ0n) is 17.9. The molecule has 1 N–H and O–H groups in total. The minimum atomic E-state index is -6.16. The molecule has 4 bridgehead atoms. The average Bonchev–Trinajstić information content (AvgIpc) is 2.57. The SMILES string of the molecule is CCCC(=O)OC12CC3CC(OC(=O)C(C)(F)F)(C1)CC(OC(=O)C(F)(F)S(=O)(=O)O)(C3)C2. The normalized spacial score (nSPS) is 33.5. The van der Waals surface area contributed by atoms with Crippen LogP contribution in [0, 0.1) is 5.92 Å². The van der Waals surface area contributed by atoms with Crippen LogP contribution >= 0.6 is 0 Å². The van der Waals surface area contributed by atoms with Crippen LogP contribution in [0.5, 0.6) is 0 Å². The summed E-state index contributed by atoms with van der Waals surface area (Å²) in [6, 6.07) is 0. The lowest BCUT2D eigenvalue weighted by molar-refractivity contribution is -0.280. The van der Waals surface area contributed by atoms with Crippen LogP contribution < -0.4 is 0 Å². The van der Waals surface area contributed by atoms with Gasteiger partial charge in [-0.05, 0) is 31.6 Å². The number of ether oxygens (including phenoxy) is 3. The molecule has 0 aromatic rings. The third kappa shape index (κ3) is 4.81. The van der Waals surface area contributed by atoms with Gasteiger partial charge in [0.25, 0.3) is 0 Å². The summed E-state index contributed by atoms with van der Waals surface area (Å²) in [5, 5.41) is -5.29. The zero-order chi connectivity index (χ0) is 25.1. The van der Waals surface area contributed by atoms with Crippen LogP contribution in [0.15, 0.2) is 0 Å². The van der Waals surface area contributed by atoms with Gasteiger partial charge in [-0.15, -0.1) is 0 Å². The summed E-state index contributed by atoms with van der Waals surface area (Å²) in [7, 11) is -6.16. The van der Waals surface area contributed by atoms with Crippen LogP contribution in [-0.4, -0.2) is 58.9 Å². The van der Waals surface area contributed by atoms with E-state index in [9.17, 15) is 40.4 Å². The number of carbonyl (C=O) groups excluding carboxylic acids is 3. The van der Waals surface area contributed by atoms with Crippen LogP contribution in [0.2, 0.25) is 0 Å². The van der Waals surface area contributed by atoms with Crippen molar-refractivity contribution in [1.82, 2.24) is 0 Å². The Morgan fingerprint density at radius 2 is 1.33 bits per heavy atom. The highest BCUT2D eigenvalue weighted by molar-refractivity contribution is 7.87. The first-order valence-electron chi connectivity index (χ1n) is 10.3. The number of hydrogen-bond acceptors (Lipinski definition) is 8. The van der Waals surface area contributed by atoms with Gasteiger partial charge in [0.2, 0.25) is 0 Å². The van der Waals surface area contributed by atoms with Gasteiger partial charge in [-0.2, -0.15) is 26.0 Å². The van der Waals surface area contributed by atoms with E-state index in [2.05, 4.69) is 0 Å². The fourth-order valence-corrected chi connectivity index (χ4v) is 5.91. The Morgan fingerprint density at radius 1 is 0.909 bits per heavy atom. The summed E-state index contributed by atoms with van der Waals surface area (Å²) in [6.07, 6.45) is -0.425.